The lowest BCUT2D eigenvalue weighted by atomic mass is 9.94. The highest BCUT2D eigenvalue weighted by Gasteiger charge is 2.32. The largest absolute Gasteiger partial charge is 0.376 e. The predicted octanol–water partition coefficient (Wildman–Crippen LogP) is 5.18. The van der Waals surface area contributed by atoms with E-state index in [2.05, 4.69) is 44.7 Å². The van der Waals surface area contributed by atoms with E-state index in [4.69, 9.17) is 14.7 Å². The smallest absolute Gasteiger partial charge is 0.164 e. The molecule has 0 aliphatic carbocycles. The van der Waals surface area contributed by atoms with Gasteiger partial charge in [0.2, 0.25) is 0 Å². The second kappa shape index (κ2) is 9.88. The van der Waals surface area contributed by atoms with E-state index in [-0.39, 0.29) is 24.0 Å². The van der Waals surface area contributed by atoms with Crippen LogP contribution in [0.3, 0.4) is 0 Å². The number of aryl methyl sites for hydroxylation is 2. The molecule has 1 saturated heterocycles. The lowest BCUT2D eigenvalue weighted by molar-refractivity contribution is -0.0667. The Morgan fingerprint density at radius 3 is 2.41 bits per heavy atom. The molecular weight excluding hydrogens is 398 g/mol. The number of ketones is 1. The fraction of sp³-hybridized carbons (Fsp3) is 0.444. The van der Waals surface area contributed by atoms with Gasteiger partial charge in [0.05, 0.1) is 35.1 Å². The lowest BCUT2D eigenvalue weighted by Gasteiger charge is -2.42. The molecule has 1 aliphatic rings. The molecule has 168 valence electrons. The highest BCUT2D eigenvalue weighted by Crippen LogP contribution is 2.31. The Morgan fingerprint density at radius 1 is 1.03 bits per heavy atom. The van der Waals surface area contributed by atoms with Gasteiger partial charge < -0.3 is 4.74 Å². The van der Waals surface area contributed by atoms with Crippen molar-refractivity contribution in [1.29, 1.82) is 0 Å². The highest BCUT2D eigenvalue weighted by atomic mass is 16.5. The Labute approximate surface area is 190 Å². The third kappa shape index (κ3) is 4.74. The molecule has 1 aromatic heterocycles. The quantitative estimate of drug-likeness (QED) is 0.483. The first-order valence-electron chi connectivity index (χ1n) is 11.7. The van der Waals surface area contributed by atoms with Crippen LogP contribution in [-0.2, 0) is 17.6 Å². The minimum Gasteiger partial charge on any atom is -0.376 e. The number of aromatic nitrogens is 2. The Kier molecular flexibility index (Phi) is 6.97. The summed E-state index contributed by atoms with van der Waals surface area (Å²) in [5, 5.41) is 0. The Balaban J connectivity index is 1.65. The molecule has 3 aromatic rings. The van der Waals surface area contributed by atoms with Crippen LogP contribution in [0.5, 0.6) is 0 Å². The molecule has 0 radical (unpaired) electrons. The number of hydrogen-bond donors (Lipinski definition) is 0. The van der Waals surface area contributed by atoms with Crippen LogP contribution in [0.2, 0.25) is 0 Å². The molecule has 0 saturated carbocycles. The van der Waals surface area contributed by atoms with Crippen LogP contribution >= 0.6 is 0 Å². The van der Waals surface area contributed by atoms with Crippen molar-refractivity contribution in [2.75, 3.05) is 13.2 Å². The number of carbonyl (C=O) groups is 1. The SMILES string of the molecule is CCc1nc2ccc(C(=O)CC(c3ccccc3)N3CC(C)OCC3C)cc2nc1CC. The number of benzene rings is 2. The summed E-state index contributed by atoms with van der Waals surface area (Å²) < 4.78 is 5.84. The third-order valence-corrected chi connectivity index (χ3v) is 6.43. The summed E-state index contributed by atoms with van der Waals surface area (Å²) in [6.45, 7) is 9.97. The second-order valence-corrected chi connectivity index (χ2v) is 8.77. The number of Topliss-reactive ketones (excluding diaryl/α,β-unsaturated/α-hetero) is 1. The van der Waals surface area contributed by atoms with Gasteiger partial charge in [0.25, 0.3) is 0 Å². The molecule has 1 fully saturated rings. The van der Waals surface area contributed by atoms with Gasteiger partial charge in [-0.25, -0.2) is 9.97 Å². The van der Waals surface area contributed by atoms with Gasteiger partial charge in [0.15, 0.2) is 5.78 Å². The van der Waals surface area contributed by atoms with Crippen molar-refractivity contribution < 1.29 is 9.53 Å². The van der Waals surface area contributed by atoms with E-state index in [9.17, 15) is 4.79 Å². The number of rotatable bonds is 7. The number of nitrogens with zero attached hydrogens (tertiary/aromatic N) is 3. The van der Waals surface area contributed by atoms with Crippen molar-refractivity contribution >= 4 is 16.8 Å². The van der Waals surface area contributed by atoms with Gasteiger partial charge in [-0.3, -0.25) is 9.69 Å². The number of fused-ring (bicyclic) bond motifs is 1. The van der Waals surface area contributed by atoms with E-state index in [0.717, 1.165) is 41.8 Å². The summed E-state index contributed by atoms with van der Waals surface area (Å²) in [4.78, 5) is 25.5. The van der Waals surface area contributed by atoms with Gasteiger partial charge in [-0.1, -0.05) is 44.2 Å². The average molecular weight is 432 g/mol. The van der Waals surface area contributed by atoms with Gasteiger partial charge >= 0.3 is 0 Å². The number of carbonyl (C=O) groups excluding carboxylic acids is 1. The molecule has 32 heavy (non-hydrogen) atoms. The zero-order valence-corrected chi connectivity index (χ0v) is 19.5. The Hall–Kier alpha value is -2.63. The van der Waals surface area contributed by atoms with E-state index < -0.39 is 0 Å². The molecule has 0 amide bonds. The van der Waals surface area contributed by atoms with Crippen LogP contribution in [0.25, 0.3) is 11.0 Å². The van der Waals surface area contributed by atoms with Gasteiger partial charge in [-0.15, -0.1) is 0 Å². The van der Waals surface area contributed by atoms with Crippen LogP contribution in [0, 0.1) is 0 Å². The van der Waals surface area contributed by atoms with Gasteiger partial charge in [0, 0.05) is 30.6 Å². The summed E-state index contributed by atoms with van der Waals surface area (Å²) in [5.41, 5.74) is 5.58. The molecule has 1 aliphatic heterocycles. The van der Waals surface area contributed by atoms with E-state index in [0.29, 0.717) is 18.6 Å². The van der Waals surface area contributed by atoms with Crippen LogP contribution in [0.4, 0.5) is 0 Å². The fourth-order valence-corrected chi connectivity index (χ4v) is 4.63. The fourth-order valence-electron chi connectivity index (χ4n) is 4.63. The van der Waals surface area contributed by atoms with Crippen LogP contribution < -0.4 is 0 Å². The average Bonchev–Trinajstić information content (AvgIpc) is 2.83. The van der Waals surface area contributed by atoms with Crippen LogP contribution in [-0.4, -0.2) is 45.9 Å². The summed E-state index contributed by atoms with van der Waals surface area (Å²) in [6.07, 6.45) is 2.28. The molecule has 2 aromatic carbocycles. The Morgan fingerprint density at radius 2 is 1.72 bits per heavy atom. The molecule has 3 unspecified atom stereocenters. The first-order valence-corrected chi connectivity index (χ1v) is 11.7. The molecule has 0 N–H and O–H groups in total. The molecule has 3 atom stereocenters. The summed E-state index contributed by atoms with van der Waals surface area (Å²) in [6, 6.07) is 16.4. The van der Waals surface area contributed by atoms with Gasteiger partial charge in [-0.2, -0.15) is 0 Å². The van der Waals surface area contributed by atoms with Crippen LogP contribution in [0.15, 0.2) is 48.5 Å². The van der Waals surface area contributed by atoms with E-state index >= 15 is 0 Å². The lowest BCUT2D eigenvalue weighted by Crippen LogP contribution is -2.49. The zero-order valence-electron chi connectivity index (χ0n) is 19.5. The maximum absolute atomic E-state index is 13.5. The molecule has 4 rings (SSSR count). The van der Waals surface area contributed by atoms with E-state index in [1.165, 1.54) is 5.56 Å². The second-order valence-electron chi connectivity index (χ2n) is 8.77. The minimum absolute atomic E-state index is 0.0144. The molecule has 2 heterocycles. The molecule has 5 nitrogen and oxygen atoms in total. The maximum atomic E-state index is 13.5. The summed E-state index contributed by atoms with van der Waals surface area (Å²) in [5.74, 6) is 0.131. The zero-order chi connectivity index (χ0) is 22.7. The van der Waals surface area contributed by atoms with Crippen LogP contribution in [0.1, 0.15) is 67.5 Å². The van der Waals surface area contributed by atoms with E-state index in [1.807, 2.05) is 36.4 Å². The maximum Gasteiger partial charge on any atom is 0.164 e. The number of ether oxygens (including phenoxy) is 1. The molecular formula is C27H33N3O2. The van der Waals surface area contributed by atoms with Gasteiger partial charge in [-0.05, 0) is 50.5 Å². The Bertz CT molecular complexity index is 1080. The first-order chi connectivity index (χ1) is 15.5. The molecule has 0 bridgehead atoms. The van der Waals surface area contributed by atoms with Crippen molar-refractivity contribution in [2.45, 2.75) is 65.1 Å². The van der Waals surface area contributed by atoms with Crippen molar-refractivity contribution in [3.8, 4) is 0 Å². The monoisotopic (exact) mass is 431 g/mol. The van der Waals surface area contributed by atoms with Crippen molar-refractivity contribution in [2.24, 2.45) is 0 Å². The minimum atomic E-state index is 0.0144. The third-order valence-electron chi connectivity index (χ3n) is 6.43. The van der Waals surface area contributed by atoms with Crippen molar-refractivity contribution in [3.63, 3.8) is 0 Å². The van der Waals surface area contributed by atoms with Crippen molar-refractivity contribution in [3.05, 3.63) is 71.0 Å². The first kappa shape index (κ1) is 22.6. The normalized spacial score (nSPS) is 20.4. The van der Waals surface area contributed by atoms with Gasteiger partial charge in [0.1, 0.15) is 0 Å². The van der Waals surface area contributed by atoms with E-state index in [1.54, 1.807) is 0 Å². The summed E-state index contributed by atoms with van der Waals surface area (Å²) in [7, 11) is 0. The summed E-state index contributed by atoms with van der Waals surface area (Å²) >= 11 is 0. The molecule has 0 spiro atoms. The highest BCUT2D eigenvalue weighted by molar-refractivity contribution is 5.99. The standard InChI is InChI=1S/C27H33N3O2/c1-5-22-23(6-2)29-25-14-21(12-13-24(25)28-22)27(31)15-26(20-10-8-7-9-11-20)30-16-19(4)32-17-18(30)3/h7-14,18-19,26H,5-6,15-17H2,1-4H3. The predicted molar refractivity (Wildman–Crippen MR) is 128 cm³/mol. The number of hydrogen-bond acceptors (Lipinski definition) is 5. The topological polar surface area (TPSA) is 55.3 Å². The number of morpholine rings is 1. The molecule has 5 heteroatoms. The van der Waals surface area contributed by atoms with Crippen molar-refractivity contribution in [1.82, 2.24) is 14.9 Å².